The number of esters is 1. The SMILES string of the molecule is CCOc1cc(C(=O)OC(c2ccccc2)c2ccccc2)cc(OCC)c1OCC. The summed E-state index contributed by atoms with van der Waals surface area (Å²) < 4.78 is 23.2. The van der Waals surface area contributed by atoms with Gasteiger partial charge in [0.2, 0.25) is 5.75 Å². The second-order valence-corrected chi connectivity index (χ2v) is 6.71. The Morgan fingerprint density at radius 1 is 0.710 bits per heavy atom. The summed E-state index contributed by atoms with van der Waals surface area (Å²) in [5, 5.41) is 0. The fourth-order valence-electron chi connectivity index (χ4n) is 3.27. The number of carbonyl (C=O) groups excluding carboxylic acids is 1. The first-order valence-corrected chi connectivity index (χ1v) is 10.5. The summed E-state index contributed by atoms with van der Waals surface area (Å²) in [6.07, 6.45) is -0.535. The number of ether oxygens (including phenoxy) is 4. The largest absolute Gasteiger partial charge is 0.490 e. The lowest BCUT2D eigenvalue weighted by Crippen LogP contribution is -2.14. The molecule has 0 aromatic heterocycles. The third-order valence-electron chi connectivity index (χ3n) is 4.57. The van der Waals surface area contributed by atoms with Gasteiger partial charge in [0.1, 0.15) is 0 Å². The highest BCUT2D eigenvalue weighted by atomic mass is 16.5. The van der Waals surface area contributed by atoms with E-state index in [1.54, 1.807) is 12.1 Å². The monoisotopic (exact) mass is 420 g/mol. The van der Waals surface area contributed by atoms with E-state index < -0.39 is 12.1 Å². The van der Waals surface area contributed by atoms with Gasteiger partial charge in [-0.25, -0.2) is 4.79 Å². The predicted molar refractivity (Wildman–Crippen MR) is 120 cm³/mol. The summed E-state index contributed by atoms with van der Waals surface area (Å²) in [5.41, 5.74) is 2.12. The fourth-order valence-corrected chi connectivity index (χ4v) is 3.27. The third-order valence-corrected chi connectivity index (χ3v) is 4.57. The average molecular weight is 421 g/mol. The van der Waals surface area contributed by atoms with Gasteiger partial charge in [0.25, 0.3) is 0 Å². The molecule has 0 N–H and O–H groups in total. The van der Waals surface area contributed by atoms with Crippen molar-refractivity contribution in [3.05, 3.63) is 89.5 Å². The summed E-state index contributed by atoms with van der Waals surface area (Å²) in [7, 11) is 0. The lowest BCUT2D eigenvalue weighted by atomic mass is 10.0. The molecule has 0 spiro atoms. The first kappa shape index (κ1) is 22.2. The van der Waals surface area contributed by atoms with Crippen LogP contribution in [-0.2, 0) is 4.74 Å². The van der Waals surface area contributed by atoms with Crippen LogP contribution in [-0.4, -0.2) is 25.8 Å². The van der Waals surface area contributed by atoms with E-state index >= 15 is 0 Å². The number of benzene rings is 3. The van der Waals surface area contributed by atoms with Crippen LogP contribution in [0.5, 0.6) is 17.2 Å². The van der Waals surface area contributed by atoms with Gasteiger partial charge in [0.05, 0.1) is 25.4 Å². The van der Waals surface area contributed by atoms with E-state index in [0.29, 0.717) is 42.6 Å². The second-order valence-electron chi connectivity index (χ2n) is 6.71. The van der Waals surface area contributed by atoms with Crippen molar-refractivity contribution >= 4 is 5.97 Å². The maximum atomic E-state index is 13.2. The van der Waals surface area contributed by atoms with Crippen molar-refractivity contribution in [2.45, 2.75) is 26.9 Å². The van der Waals surface area contributed by atoms with Gasteiger partial charge >= 0.3 is 5.97 Å². The topological polar surface area (TPSA) is 54.0 Å². The summed E-state index contributed by atoms with van der Waals surface area (Å²) in [4.78, 5) is 13.2. The van der Waals surface area contributed by atoms with Crippen molar-refractivity contribution in [3.8, 4) is 17.2 Å². The lowest BCUT2D eigenvalue weighted by Gasteiger charge is -2.20. The Labute approximate surface area is 183 Å². The maximum absolute atomic E-state index is 13.2. The molecule has 3 aromatic carbocycles. The van der Waals surface area contributed by atoms with E-state index in [1.807, 2.05) is 81.4 Å². The van der Waals surface area contributed by atoms with Crippen LogP contribution < -0.4 is 14.2 Å². The zero-order chi connectivity index (χ0) is 22.1. The van der Waals surface area contributed by atoms with Crippen molar-refractivity contribution < 1.29 is 23.7 Å². The highest BCUT2D eigenvalue weighted by Gasteiger charge is 2.23. The Kier molecular flexibility index (Phi) is 7.93. The Hall–Kier alpha value is -3.47. The van der Waals surface area contributed by atoms with Gasteiger partial charge in [0, 0.05) is 0 Å². The van der Waals surface area contributed by atoms with Gasteiger partial charge in [-0.15, -0.1) is 0 Å². The van der Waals surface area contributed by atoms with Gasteiger partial charge < -0.3 is 18.9 Å². The minimum absolute atomic E-state index is 0.340. The van der Waals surface area contributed by atoms with Crippen LogP contribution in [0.25, 0.3) is 0 Å². The van der Waals surface area contributed by atoms with Crippen LogP contribution >= 0.6 is 0 Å². The van der Waals surface area contributed by atoms with E-state index in [-0.39, 0.29) is 0 Å². The van der Waals surface area contributed by atoms with Gasteiger partial charge in [-0.2, -0.15) is 0 Å². The molecule has 31 heavy (non-hydrogen) atoms. The molecule has 3 aromatic rings. The molecule has 0 saturated carbocycles. The third kappa shape index (κ3) is 5.57. The molecule has 0 radical (unpaired) electrons. The van der Waals surface area contributed by atoms with E-state index in [4.69, 9.17) is 18.9 Å². The molecular weight excluding hydrogens is 392 g/mol. The standard InChI is InChI=1S/C26H28O5/c1-4-28-22-17-21(18-23(29-5-2)25(22)30-6-3)26(27)31-24(19-13-9-7-10-14-19)20-15-11-8-12-16-20/h7-18,24H,4-6H2,1-3H3. The van der Waals surface area contributed by atoms with Gasteiger partial charge in [-0.05, 0) is 44.0 Å². The molecule has 0 aliphatic rings. The van der Waals surface area contributed by atoms with Crippen molar-refractivity contribution in [2.75, 3.05) is 19.8 Å². The molecule has 0 unspecified atom stereocenters. The molecule has 0 aliphatic heterocycles. The van der Waals surface area contributed by atoms with Crippen LogP contribution in [0.4, 0.5) is 0 Å². The summed E-state index contributed by atoms with van der Waals surface area (Å²) >= 11 is 0. The molecular formula is C26H28O5. The molecule has 0 aliphatic carbocycles. The molecule has 0 saturated heterocycles. The molecule has 0 heterocycles. The Balaban J connectivity index is 1.98. The molecule has 0 atom stereocenters. The minimum atomic E-state index is -0.535. The Morgan fingerprint density at radius 2 is 1.16 bits per heavy atom. The van der Waals surface area contributed by atoms with Crippen molar-refractivity contribution in [2.24, 2.45) is 0 Å². The molecule has 5 heteroatoms. The van der Waals surface area contributed by atoms with Crippen LogP contribution in [0.2, 0.25) is 0 Å². The molecule has 0 fully saturated rings. The fraction of sp³-hybridized carbons (Fsp3) is 0.269. The zero-order valence-electron chi connectivity index (χ0n) is 18.2. The van der Waals surface area contributed by atoms with E-state index in [2.05, 4.69) is 0 Å². The van der Waals surface area contributed by atoms with Crippen molar-refractivity contribution in [1.82, 2.24) is 0 Å². The summed E-state index contributed by atoms with van der Waals surface area (Å²) in [6.45, 7) is 6.96. The molecule has 162 valence electrons. The summed E-state index contributed by atoms with van der Waals surface area (Å²) in [6, 6.07) is 22.6. The van der Waals surface area contributed by atoms with Crippen LogP contribution in [0, 0.1) is 0 Å². The van der Waals surface area contributed by atoms with Crippen LogP contribution in [0.1, 0.15) is 48.4 Å². The zero-order valence-corrected chi connectivity index (χ0v) is 18.2. The number of rotatable bonds is 10. The molecule has 5 nitrogen and oxygen atoms in total. The molecule has 3 rings (SSSR count). The summed E-state index contributed by atoms with van der Waals surface area (Å²) in [5.74, 6) is 0.935. The average Bonchev–Trinajstić information content (AvgIpc) is 2.80. The molecule has 0 amide bonds. The smallest absolute Gasteiger partial charge is 0.339 e. The van der Waals surface area contributed by atoms with Crippen molar-refractivity contribution in [1.29, 1.82) is 0 Å². The Bertz CT molecular complexity index is 903. The normalized spacial score (nSPS) is 10.6. The highest BCUT2D eigenvalue weighted by molar-refractivity contribution is 5.91. The lowest BCUT2D eigenvalue weighted by molar-refractivity contribution is 0.0377. The van der Waals surface area contributed by atoms with Crippen molar-refractivity contribution in [3.63, 3.8) is 0 Å². The molecule has 0 bridgehead atoms. The first-order chi connectivity index (χ1) is 15.2. The number of carbonyl (C=O) groups is 1. The quantitative estimate of drug-likeness (QED) is 0.386. The van der Waals surface area contributed by atoms with E-state index in [9.17, 15) is 4.79 Å². The predicted octanol–water partition coefficient (Wildman–Crippen LogP) is 5.83. The van der Waals surface area contributed by atoms with E-state index in [1.165, 1.54) is 0 Å². The minimum Gasteiger partial charge on any atom is -0.490 e. The second kappa shape index (κ2) is 11.1. The highest BCUT2D eigenvalue weighted by Crippen LogP contribution is 2.40. The Morgan fingerprint density at radius 3 is 1.58 bits per heavy atom. The van der Waals surface area contributed by atoms with Gasteiger partial charge in [-0.1, -0.05) is 60.7 Å². The van der Waals surface area contributed by atoms with Gasteiger partial charge in [0.15, 0.2) is 17.6 Å². The maximum Gasteiger partial charge on any atom is 0.339 e. The van der Waals surface area contributed by atoms with Crippen LogP contribution in [0.15, 0.2) is 72.8 Å². The number of hydrogen-bond donors (Lipinski definition) is 0. The van der Waals surface area contributed by atoms with Gasteiger partial charge in [-0.3, -0.25) is 0 Å². The first-order valence-electron chi connectivity index (χ1n) is 10.5. The van der Waals surface area contributed by atoms with E-state index in [0.717, 1.165) is 11.1 Å². The van der Waals surface area contributed by atoms with Crippen LogP contribution in [0.3, 0.4) is 0 Å². The number of hydrogen-bond acceptors (Lipinski definition) is 5.